The Morgan fingerprint density at radius 3 is 2.90 bits per heavy atom. The van der Waals surface area contributed by atoms with Crippen molar-refractivity contribution in [3.63, 3.8) is 0 Å². The number of aryl methyl sites for hydroxylation is 1. The van der Waals surface area contributed by atoms with Crippen LogP contribution < -0.4 is 10.6 Å². The zero-order valence-corrected chi connectivity index (χ0v) is 18.4. The zero-order chi connectivity index (χ0) is 22.6. The molecule has 2 amide bonds. The van der Waals surface area contributed by atoms with Crippen molar-refractivity contribution in [1.29, 1.82) is 5.26 Å². The normalized spacial score (nSPS) is 20.6. The van der Waals surface area contributed by atoms with Gasteiger partial charge < -0.3 is 15.4 Å². The molecule has 0 aliphatic heterocycles. The number of H-pyrrole nitrogens is 1. The lowest BCUT2D eigenvalue weighted by Gasteiger charge is -2.21. The number of nitriles is 1. The van der Waals surface area contributed by atoms with Crippen LogP contribution >= 0.6 is 0 Å². The van der Waals surface area contributed by atoms with Gasteiger partial charge >= 0.3 is 0 Å². The van der Waals surface area contributed by atoms with E-state index in [1.165, 1.54) is 4.68 Å². The summed E-state index contributed by atoms with van der Waals surface area (Å²) >= 11 is 0. The van der Waals surface area contributed by atoms with E-state index in [2.05, 4.69) is 32.0 Å². The molecule has 31 heavy (non-hydrogen) atoms. The number of nitrogens with one attached hydrogen (secondary N) is 3. The number of hydrogen-bond donors (Lipinski definition) is 3. The van der Waals surface area contributed by atoms with Crippen LogP contribution in [0.5, 0.6) is 0 Å². The molecule has 0 radical (unpaired) electrons. The maximum absolute atomic E-state index is 12.6. The largest absolute Gasteiger partial charge is 0.378 e. The first-order valence-corrected chi connectivity index (χ1v) is 10.3. The molecule has 0 saturated heterocycles. The van der Waals surface area contributed by atoms with Crippen LogP contribution in [0.2, 0.25) is 0 Å². The Bertz CT molecular complexity index is 988. The maximum atomic E-state index is 12.6. The maximum Gasteiger partial charge on any atom is 0.275 e. The van der Waals surface area contributed by atoms with Gasteiger partial charge in [-0.3, -0.25) is 19.4 Å². The molecule has 2 atom stereocenters. The first-order chi connectivity index (χ1) is 14.7. The molecule has 3 rings (SSSR count). The van der Waals surface area contributed by atoms with E-state index in [0.29, 0.717) is 36.7 Å². The summed E-state index contributed by atoms with van der Waals surface area (Å²) in [4.78, 5) is 24.8. The number of nitrogens with zero attached hydrogens (tertiary/aromatic N) is 4. The minimum atomic E-state index is -0.676. The standard InChI is InChI=1S/C21H29N7O3/c1-13(2)23-19(29)10-21(12-22)6-5-14(9-21)16-8-18(26-25-16)24-20(30)17-7-15(11-31-4)27-28(17)3/h7-8,13-14H,5-6,9-11H2,1-4H3,(H,23,29)(H2,24,25,26,30)/t14-,21-/m0/s1. The Morgan fingerprint density at radius 2 is 2.23 bits per heavy atom. The molecule has 3 N–H and O–H groups in total. The fraction of sp³-hybridized carbons (Fsp3) is 0.571. The second-order valence-corrected chi connectivity index (χ2v) is 8.47. The number of hydrogen-bond acceptors (Lipinski definition) is 6. The van der Waals surface area contributed by atoms with Crippen molar-refractivity contribution >= 4 is 17.6 Å². The summed E-state index contributed by atoms with van der Waals surface area (Å²) in [5.74, 6) is 0.0634. The highest BCUT2D eigenvalue weighted by Crippen LogP contribution is 2.48. The lowest BCUT2D eigenvalue weighted by Crippen LogP contribution is -2.34. The molecular weight excluding hydrogens is 398 g/mol. The van der Waals surface area contributed by atoms with Gasteiger partial charge in [0.15, 0.2) is 5.82 Å². The highest BCUT2D eigenvalue weighted by Gasteiger charge is 2.42. The molecule has 0 bridgehead atoms. The molecule has 0 spiro atoms. The molecule has 1 aliphatic carbocycles. The lowest BCUT2D eigenvalue weighted by atomic mass is 9.82. The fourth-order valence-electron chi connectivity index (χ4n) is 4.12. The Morgan fingerprint density at radius 1 is 1.45 bits per heavy atom. The summed E-state index contributed by atoms with van der Waals surface area (Å²) in [6.07, 6.45) is 2.20. The molecule has 1 fully saturated rings. The molecule has 2 aromatic rings. The van der Waals surface area contributed by atoms with Crippen molar-refractivity contribution in [2.75, 3.05) is 12.4 Å². The van der Waals surface area contributed by atoms with Gasteiger partial charge in [-0.1, -0.05) is 0 Å². The van der Waals surface area contributed by atoms with E-state index < -0.39 is 5.41 Å². The number of anilines is 1. The van der Waals surface area contributed by atoms with Gasteiger partial charge in [-0.25, -0.2) is 0 Å². The Labute approximate surface area is 181 Å². The second-order valence-electron chi connectivity index (χ2n) is 8.47. The van der Waals surface area contributed by atoms with Crippen LogP contribution in [0.15, 0.2) is 12.1 Å². The summed E-state index contributed by atoms with van der Waals surface area (Å²) in [5.41, 5.74) is 1.24. The molecule has 0 aromatic carbocycles. The van der Waals surface area contributed by atoms with Crippen molar-refractivity contribution in [2.24, 2.45) is 12.5 Å². The van der Waals surface area contributed by atoms with Gasteiger partial charge in [0, 0.05) is 44.3 Å². The van der Waals surface area contributed by atoms with Gasteiger partial charge in [0.2, 0.25) is 5.91 Å². The van der Waals surface area contributed by atoms with Crippen molar-refractivity contribution < 1.29 is 14.3 Å². The van der Waals surface area contributed by atoms with E-state index in [4.69, 9.17) is 4.74 Å². The van der Waals surface area contributed by atoms with Crippen LogP contribution in [-0.2, 0) is 23.2 Å². The van der Waals surface area contributed by atoms with Crippen LogP contribution in [0.25, 0.3) is 0 Å². The molecule has 2 heterocycles. The number of carbonyl (C=O) groups is 2. The van der Waals surface area contributed by atoms with E-state index in [-0.39, 0.29) is 30.2 Å². The highest BCUT2D eigenvalue weighted by molar-refractivity contribution is 6.02. The van der Waals surface area contributed by atoms with Crippen molar-refractivity contribution in [2.45, 2.75) is 58.1 Å². The summed E-state index contributed by atoms with van der Waals surface area (Å²) in [6, 6.07) is 5.88. The van der Waals surface area contributed by atoms with Crippen molar-refractivity contribution in [3.05, 3.63) is 29.2 Å². The predicted molar refractivity (Wildman–Crippen MR) is 113 cm³/mol. The molecule has 2 aromatic heterocycles. The van der Waals surface area contributed by atoms with E-state index in [1.807, 2.05) is 13.8 Å². The Balaban J connectivity index is 1.64. The quantitative estimate of drug-likeness (QED) is 0.591. The predicted octanol–water partition coefficient (Wildman–Crippen LogP) is 2.23. The summed E-state index contributed by atoms with van der Waals surface area (Å²) in [5, 5.41) is 26.8. The van der Waals surface area contributed by atoms with E-state index in [9.17, 15) is 14.9 Å². The summed E-state index contributed by atoms with van der Waals surface area (Å²) in [6.45, 7) is 4.13. The third-order valence-corrected chi connectivity index (χ3v) is 5.53. The average molecular weight is 428 g/mol. The van der Waals surface area contributed by atoms with Crippen LogP contribution in [0.3, 0.4) is 0 Å². The van der Waals surface area contributed by atoms with Crippen LogP contribution in [0, 0.1) is 16.7 Å². The number of methoxy groups -OCH3 is 1. The molecular formula is C21H29N7O3. The number of rotatable bonds is 8. The van der Waals surface area contributed by atoms with E-state index in [1.54, 1.807) is 26.3 Å². The molecule has 1 aliphatic rings. The molecule has 166 valence electrons. The lowest BCUT2D eigenvalue weighted by molar-refractivity contribution is -0.123. The average Bonchev–Trinajstić information content (AvgIpc) is 3.40. The Kier molecular flexibility index (Phi) is 6.75. The molecule has 10 nitrogen and oxygen atoms in total. The summed E-state index contributed by atoms with van der Waals surface area (Å²) in [7, 11) is 3.26. The minimum absolute atomic E-state index is 0.0456. The Hall–Kier alpha value is -3.19. The number of carbonyl (C=O) groups excluding carboxylic acids is 2. The number of aromatic nitrogens is 4. The first-order valence-electron chi connectivity index (χ1n) is 10.3. The summed E-state index contributed by atoms with van der Waals surface area (Å²) < 4.78 is 6.55. The van der Waals surface area contributed by atoms with Gasteiger partial charge in [-0.2, -0.15) is 15.5 Å². The van der Waals surface area contributed by atoms with Gasteiger partial charge in [0.25, 0.3) is 5.91 Å². The third-order valence-electron chi connectivity index (χ3n) is 5.53. The van der Waals surface area contributed by atoms with E-state index in [0.717, 1.165) is 12.1 Å². The van der Waals surface area contributed by atoms with Crippen molar-refractivity contribution in [1.82, 2.24) is 25.3 Å². The van der Waals surface area contributed by atoms with Gasteiger partial charge in [-0.05, 0) is 39.2 Å². The van der Waals surface area contributed by atoms with E-state index >= 15 is 0 Å². The topological polar surface area (TPSA) is 138 Å². The van der Waals surface area contributed by atoms with Gasteiger partial charge in [0.1, 0.15) is 5.69 Å². The van der Waals surface area contributed by atoms with Crippen LogP contribution in [-0.4, -0.2) is 44.9 Å². The van der Waals surface area contributed by atoms with Crippen LogP contribution in [0.1, 0.15) is 67.3 Å². The van der Waals surface area contributed by atoms with Crippen molar-refractivity contribution in [3.8, 4) is 6.07 Å². The first kappa shape index (κ1) is 22.5. The highest BCUT2D eigenvalue weighted by atomic mass is 16.5. The minimum Gasteiger partial charge on any atom is -0.378 e. The number of aromatic amines is 1. The van der Waals surface area contributed by atoms with Gasteiger partial charge in [0.05, 0.1) is 23.8 Å². The van der Waals surface area contributed by atoms with Gasteiger partial charge in [-0.15, -0.1) is 0 Å². The molecule has 1 saturated carbocycles. The molecule has 10 heteroatoms. The third kappa shape index (κ3) is 5.30. The second kappa shape index (κ2) is 9.31. The number of ether oxygens (including phenoxy) is 1. The smallest absolute Gasteiger partial charge is 0.275 e. The zero-order valence-electron chi connectivity index (χ0n) is 18.4. The fourth-order valence-corrected chi connectivity index (χ4v) is 4.12. The molecule has 0 unspecified atom stereocenters. The van der Waals surface area contributed by atoms with Crippen LogP contribution in [0.4, 0.5) is 5.82 Å². The number of amides is 2. The SMILES string of the molecule is COCc1cc(C(=O)Nc2cc([C@H]3CC[C@@](C#N)(CC(=O)NC(C)C)C3)[nH]n2)n(C)n1. The monoisotopic (exact) mass is 427 g/mol.